The summed E-state index contributed by atoms with van der Waals surface area (Å²) in [6.45, 7) is 6.48. The summed E-state index contributed by atoms with van der Waals surface area (Å²) >= 11 is 0. The van der Waals surface area contributed by atoms with Crippen molar-refractivity contribution in [1.82, 2.24) is 15.5 Å². The minimum absolute atomic E-state index is 0.270. The van der Waals surface area contributed by atoms with Gasteiger partial charge in [-0.15, -0.1) is 0 Å². The molecule has 0 amide bonds. The average molecular weight is 229 g/mol. The van der Waals surface area contributed by atoms with Crippen LogP contribution in [0.25, 0.3) is 0 Å². The molecule has 3 heteroatoms. The first-order chi connectivity index (χ1) is 8.18. The van der Waals surface area contributed by atoms with E-state index >= 15 is 0 Å². The summed E-state index contributed by atoms with van der Waals surface area (Å²) in [7, 11) is 0. The van der Waals surface area contributed by atoms with Crippen LogP contribution in [-0.4, -0.2) is 10.2 Å². The third kappa shape index (κ3) is 2.74. The Balaban J connectivity index is 2.07. The number of hydrogen-bond acceptors (Lipinski definition) is 2. The second-order valence-electron chi connectivity index (χ2n) is 4.48. The van der Waals surface area contributed by atoms with E-state index in [9.17, 15) is 0 Å². The lowest BCUT2D eigenvalue weighted by molar-refractivity contribution is 0.484. The summed E-state index contributed by atoms with van der Waals surface area (Å²) < 4.78 is 0. The van der Waals surface area contributed by atoms with Crippen LogP contribution < -0.4 is 5.32 Å². The normalized spacial score (nSPS) is 14.5. The Labute approximate surface area is 102 Å². The maximum Gasteiger partial charge on any atom is 0.0518 e. The molecule has 0 bridgehead atoms. The van der Waals surface area contributed by atoms with Crippen LogP contribution in [0.3, 0.4) is 0 Å². The highest BCUT2D eigenvalue weighted by molar-refractivity contribution is 5.28. The van der Waals surface area contributed by atoms with Gasteiger partial charge in [-0.3, -0.25) is 5.10 Å². The molecular weight excluding hydrogens is 210 g/mol. The van der Waals surface area contributed by atoms with Gasteiger partial charge >= 0.3 is 0 Å². The molecule has 2 rings (SSSR count). The highest BCUT2D eigenvalue weighted by atomic mass is 15.1. The lowest BCUT2D eigenvalue weighted by Gasteiger charge is -2.20. The summed E-state index contributed by atoms with van der Waals surface area (Å²) in [5.41, 5.74) is 3.79. The Kier molecular flexibility index (Phi) is 3.59. The van der Waals surface area contributed by atoms with Crippen LogP contribution >= 0.6 is 0 Å². The number of aryl methyl sites for hydroxylation is 1. The molecular formula is C14H19N3. The zero-order valence-electron chi connectivity index (χ0n) is 10.6. The molecule has 0 fully saturated rings. The van der Waals surface area contributed by atoms with E-state index in [2.05, 4.69) is 60.6 Å². The van der Waals surface area contributed by atoms with Crippen molar-refractivity contribution in [3.8, 4) is 0 Å². The molecule has 17 heavy (non-hydrogen) atoms. The van der Waals surface area contributed by atoms with Crippen LogP contribution in [0.2, 0.25) is 0 Å². The van der Waals surface area contributed by atoms with Crippen molar-refractivity contribution in [2.75, 3.05) is 0 Å². The second-order valence-corrected chi connectivity index (χ2v) is 4.48. The predicted octanol–water partition coefficient (Wildman–Crippen LogP) is 3.13. The highest BCUT2D eigenvalue weighted by Crippen LogP contribution is 2.20. The van der Waals surface area contributed by atoms with Crippen LogP contribution in [0.4, 0.5) is 0 Å². The van der Waals surface area contributed by atoms with Crippen molar-refractivity contribution in [3.05, 3.63) is 53.3 Å². The number of rotatable bonds is 4. The third-order valence-electron chi connectivity index (χ3n) is 3.14. The minimum Gasteiger partial charge on any atom is -0.302 e. The Morgan fingerprint density at radius 2 is 1.88 bits per heavy atom. The number of H-pyrrole nitrogens is 1. The van der Waals surface area contributed by atoms with Crippen molar-refractivity contribution in [1.29, 1.82) is 0 Å². The fourth-order valence-corrected chi connectivity index (χ4v) is 2.13. The van der Waals surface area contributed by atoms with E-state index in [4.69, 9.17) is 0 Å². The van der Waals surface area contributed by atoms with E-state index in [-0.39, 0.29) is 6.04 Å². The molecule has 90 valence electrons. The first-order valence-electron chi connectivity index (χ1n) is 5.99. The summed E-state index contributed by atoms with van der Waals surface area (Å²) in [4.78, 5) is 0. The number of benzene rings is 1. The maximum atomic E-state index is 3.98. The van der Waals surface area contributed by atoms with E-state index in [1.54, 1.807) is 6.20 Å². The minimum atomic E-state index is 0.270. The van der Waals surface area contributed by atoms with Gasteiger partial charge in [-0.1, -0.05) is 24.3 Å². The molecule has 0 saturated heterocycles. The molecule has 2 N–H and O–H groups in total. The lowest BCUT2D eigenvalue weighted by Crippen LogP contribution is -2.23. The SMILES string of the molecule is Cc1ccccc1[C@@H](C)NC(C)c1ccn[nH]1. The van der Waals surface area contributed by atoms with Gasteiger partial charge in [0, 0.05) is 18.3 Å². The lowest BCUT2D eigenvalue weighted by atomic mass is 10.0. The van der Waals surface area contributed by atoms with Gasteiger partial charge in [-0.05, 0) is 38.0 Å². The molecule has 1 unspecified atom stereocenters. The van der Waals surface area contributed by atoms with Crippen LogP contribution in [0.1, 0.15) is 42.8 Å². The highest BCUT2D eigenvalue weighted by Gasteiger charge is 2.12. The smallest absolute Gasteiger partial charge is 0.0518 e. The number of hydrogen-bond donors (Lipinski definition) is 2. The first kappa shape index (κ1) is 11.9. The molecule has 0 aliphatic heterocycles. The number of aromatic nitrogens is 2. The fraction of sp³-hybridized carbons (Fsp3) is 0.357. The second kappa shape index (κ2) is 5.15. The fourth-order valence-electron chi connectivity index (χ4n) is 2.13. The molecule has 2 atom stereocenters. The van der Waals surface area contributed by atoms with Crippen molar-refractivity contribution in [3.63, 3.8) is 0 Å². The van der Waals surface area contributed by atoms with Gasteiger partial charge in [0.2, 0.25) is 0 Å². The van der Waals surface area contributed by atoms with Gasteiger partial charge in [0.05, 0.1) is 5.69 Å². The van der Waals surface area contributed by atoms with Crippen LogP contribution in [-0.2, 0) is 0 Å². The van der Waals surface area contributed by atoms with Gasteiger partial charge in [-0.25, -0.2) is 0 Å². The molecule has 0 radical (unpaired) electrons. The Morgan fingerprint density at radius 1 is 1.12 bits per heavy atom. The zero-order chi connectivity index (χ0) is 12.3. The van der Waals surface area contributed by atoms with E-state index in [1.807, 2.05) is 6.07 Å². The Bertz CT molecular complexity index is 462. The zero-order valence-corrected chi connectivity index (χ0v) is 10.6. The average Bonchev–Trinajstić information content (AvgIpc) is 2.82. The Morgan fingerprint density at radius 3 is 2.53 bits per heavy atom. The van der Waals surface area contributed by atoms with Gasteiger partial charge in [0.15, 0.2) is 0 Å². The standard InChI is InChI=1S/C14H19N3/c1-10-6-4-5-7-13(10)11(2)16-12(3)14-8-9-15-17-14/h4-9,11-12,16H,1-3H3,(H,15,17)/t11-,12?/m1/s1. The quantitative estimate of drug-likeness (QED) is 0.845. The molecule has 0 aliphatic carbocycles. The summed E-state index contributed by atoms with van der Waals surface area (Å²) in [6.07, 6.45) is 1.78. The molecule has 1 aromatic carbocycles. The molecule has 1 aromatic heterocycles. The van der Waals surface area contributed by atoms with Crippen LogP contribution in [0.15, 0.2) is 36.5 Å². The molecule has 2 aromatic rings. The topological polar surface area (TPSA) is 40.7 Å². The van der Waals surface area contributed by atoms with E-state index in [0.29, 0.717) is 6.04 Å². The van der Waals surface area contributed by atoms with Gasteiger partial charge in [-0.2, -0.15) is 5.10 Å². The van der Waals surface area contributed by atoms with Crippen LogP contribution in [0, 0.1) is 6.92 Å². The monoisotopic (exact) mass is 229 g/mol. The van der Waals surface area contributed by atoms with Crippen molar-refractivity contribution in [2.24, 2.45) is 0 Å². The Hall–Kier alpha value is -1.61. The van der Waals surface area contributed by atoms with E-state index < -0.39 is 0 Å². The summed E-state index contributed by atoms with van der Waals surface area (Å²) in [5, 5.41) is 10.5. The maximum absolute atomic E-state index is 3.98. The van der Waals surface area contributed by atoms with E-state index in [1.165, 1.54) is 11.1 Å². The van der Waals surface area contributed by atoms with E-state index in [0.717, 1.165) is 5.69 Å². The van der Waals surface area contributed by atoms with Crippen LogP contribution in [0.5, 0.6) is 0 Å². The van der Waals surface area contributed by atoms with Crippen molar-refractivity contribution in [2.45, 2.75) is 32.9 Å². The summed E-state index contributed by atoms with van der Waals surface area (Å²) in [6, 6.07) is 11.1. The predicted molar refractivity (Wildman–Crippen MR) is 69.7 cm³/mol. The van der Waals surface area contributed by atoms with Crippen molar-refractivity contribution >= 4 is 0 Å². The molecule has 1 heterocycles. The molecule has 0 spiro atoms. The van der Waals surface area contributed by atoms with Gasteiger partial charge in [0.1, 0.15) is 0 Å². The number of nitrogens with one attached hydrogen (secondary N) is 2. The first-order valence-corrected chi connectivity index (χ1v) is 5.99. The number of aromatic amines is 1. The molecule has 3 nitrogen and oxygen atoms in total. The molecule has 0 saturated carbocycles. The van der Waals surface area contributed by atoms with Gasteiger partial charge in [0.25, 0.3) is 0 Å². The van der Waals surface area contributed by atoms with Gasteiger partial charge < -0.3 is 5.32 Å². The van der Waals surface area contributed by atoms with Crippen molar-refractivity contribution < 1.29 is 0 Å². The number of nitrogens with zero attached hydrogens (tertiary/aromatic N) is 1. The molecule has 0 aliphatic rings. The largest absolute Gasteiger partial charge is 0.302 e. The third-order valence-corrected chi connectivity index (χ3v) is 3.14. The summed E-state index contributed by atoms with van der Waals surface area (Å²) in [5.74, 6) is 0.